The van der Waals surface area contributed by atoms with Gasteiger partial charge in [-0.15, -0.1) is 0 Å². The van der Waals surface area contributed by atoms with E-state index in [0.717, 1.165) is 5.56 Å². The molecule has 0 bridgehead atoms. The Hall–Kier alpha value is -1.75. The molecular weight excluding hydrogens is 224 g/mol. The average molecular weight is 236 g/mol. The van der Waals surface area contributed by atoms with Crippen LogP contribution in [0.1, 0.15) is 5.56 Å². The highest BCUT2D eigenvalue weighted by Gasteiger charge is 2.02. The molecular formula is C11H12N2O2S. The molecule has 2 N–H and O–H groups in total. The molecule has 0 aliphatic heterocycles. The van der Waals surface area contributed by atoms with E-state index >= 15 is 0 Å². The van der Waals surface area contributed by atoms with Crippen LogP contribution in [0.3, 0.4) is 0 Å². The third-order valence-corrected chi connectivity index (χ3v) is 2.99. The number of hydrogen-bond acceptors (Lipinski definition) is 4. The maximum Gasteiger partial charge on any atom is 0.307 e. The minimum atomic E-state index is 0.0365. The number of nitrogen functional groups attached to an aromatic ring is 1. The Morgan fingerprint density at radius 2 is 2.31 bits per heavy atom. The zero-order chi connectivity index (χ0) is 11.5. The van der Waals surface area contributed by atoms with Crippen molar-refractivity contribution in [3.63, 3.8) is 0 Å². The summed E-state index contributed by atoms with van der Waals surface area (Å²) < 4.78 is 6.71. The summed E-state index contributed by atoms with van der Waals surface area (Å²) in [6.07, 6.45) is 1.77. The van der Waals surface area contributed by atoms with E-state index < -0.39 is 0 Å². The lowest BCUT2D eigenvalue weighted by atomic mass is 10.2. The van der Waals surface area contributed by atoms with Gasteiger partial charge in [0.25, 0.3) is 0 Å². The second-order valence-electron chi connectivity index (χ2n) is 3.37. The van der Waals surface area contributed by atoms with E-state index in [4.69, 9.17) is 10.5 Å². The number of ether oxygens (including phenoxy) is 1. The number of nitrogens with zero attached hydrogens (tertiary/aromatic N) is 1. The normalized spacial score (nSPS) is 10.3. The quantitative estimate of drug-likeness (QED) is 0.822. The first-order chi connectivity index (χ1) is 7.70. The van der Waals surface area contributed by atoms with Gasteiger partial charge in [0.05, 0.1) is 19.3 Å². The van der Waals surface area contributed by atoms with E-state index in [1.807, 2.05) is 18.2 Å². The van der Waals surface area contributed by atoms with Crippen LogP contribution in [0.25, 0.3) is 0 Å². The van der Waals surface area contributed by atoms with Crippen LogP contribution in [0.15, 0.2) is 34.6 Å². The predicted octanol–water partition coefficient (Wildman–Crippen LogP) is 1.55. The van der Waals surface area contributed by atoms with Crippen molar-refractivity contribution in [3.05, 3.63) is 45.0 Å². The zero-order valence-electron chi connectivity index (χ0n) is 8.84. The summed E-state index contributed by atoms with van der Waals surface area (Å²) in [5, 5.41) is 1.77. The van der Waals surface area contributed by atoms with Gasteiger partial charge in [0.15, 0.2) is 0 Å². The van der Waals surface area contributed by atoms with E-state index in [1.54, 1.807) is 23.3 Å². The molecule has 1 aromatic carbocycles. The molecule has 4 nitrogen and oxygen atoms in total. The van der Waals surface area contributed by atoms with Crippen molar-refractivity contribution in [2.75, 3.05) is 12.8 Å². The number of rotatable bonds is 3. The van der Waals surface area contributed by atoms with Gasteiger partial charge in [0.1, 0.15) is 5.75 Å². The van der Waals surface area contributed by atoms with E-state index in [9.17, 15) is 4.79 Å². The van der Waals surface area contributed by atoms with Crippen LogP contribution in [0.4, 0.5) is 5.69 Å². The summed E-state index contributed by atoms with van der Waals surface area (Å²) in [4.78, 5) is 11.4. The van der Waals surface area contributed by atoms with Crippen molar-refractivity contribution in [1.82, 2.24) is 4.57 Å². The van der Waals surface area contributed by atoms with Gasteiger partial charge in [-0.1, -0.05) is 17.4 Å². The molecule has 0 unspecified atom stereocenters. The molecule has 0 saturated heterocycles. The Morgan fingerprint density at radius 3 is 2.88 bits per heavy atom. The Balaban J connectivity index is 2.26. The molecule has 2 aromatic rings. The molecule has 1 aromatic heterocycles. The zero-order valence-corrected chi connectivity index (χ0v) is 9.66. The minimum Gasteiger partial charge on any atom is -0.495 e. The molecule has 0 amide bonds. The van der Waals surface area contributed by atoms with Gasteiger partial charge in [0.2, 0.25) is 0 Å². The Labute approximate surface area is 96.9 Å². The first kappa shape index (κ1) is 10.8. The summed E-state index contributed by atoms with van der Waals surface area (Å²) in [6.45, 7) is 0.538. The molecule has 0 atom stereocenters. The van der Waals surface area contributed by atoms with Crippen molar-refractivity contribution < 1.29 is 4.74 Å². The number of aromatic nitrogens is 1. The third-order valence-electron chi connectivity index (χ3n) is 2.29. The van der Waals surface area contributed by atoms with E-state index in [0.29, 0.717) is 18.0 Å². The number of thiazole rings is 1. The second-order valence-corrected chi connectivity index (χ2v) is 4.23. The Morgan fingerprint density at radius 1 is 1.50 bits per heavy atom. The fourth-order valence-corrected chi connectivity index (χ4v) is 2.07. The molecule has 16 heavy (non-hydrogen) atoms. The summed E-state index contributed by atoms with van der Waals surface area (Å²) in [6, 6.07) is 5.53. The monoisotopic (exact) mass is 236 g/mol. The van der Waals surface area contributed by atoms with Gasteiger partial charge in [-0.25, -0.2) is 0 Å². The number of anilines is 1. The van der Waals surface area contributed by atoms with Crippen LogP contribution >= 0.6 is 11.3 Å². The van der Waals surface area contributed by atoms with Crippen LogP contribution in [-0.4, -0.2) is 11.7 Å². The maximum atomic E-state index is 11.4. The van der Waals surface area contributed by atoms with E-state index in [-0.39, 0.29) is 4.87 Å². The maximum absolute atomic E-state index is 11.4. The van der Waals surface area contributed by atoms with Gasteiger partial charge in [-0.3, -0.25) is 4.79 Å². The number of methoxy groups -OCH3 is 1. The number of nitrogens with two attached hydrogens (primary N) is 1. The molecule has 0 aliphatic carbocycles. The molecule has 2 rings (SSSR count). The largest absolute Gasteiger partial charge is 0.495 e. The van der Waals surface area contributed by atoms with Gasteiger partial charge >= 0.3 is 4.87 Å². The molecule has 84 valence electrons. The lowest BCUT2D eigenvalue weighted by molar-refractivity contribution is 0.417. The van der Waals surface area contributed by atoms with Crippen molar-refractivity contribution in [2.45, 2.75) is 6.54 Å². The summed E-state index contributed by atoms with van der Waals surface area (Å²) in [5.41, 5.74) is 7.36. The van der Waals surface area contributed by atoms with Crippen LogP contribution in [0, 0.1) is 0 Å². The SMILES string of the molecule is COc1ccc(Cn2ccsc2=O)cc1N. The molecule has 0 fully saturated rings. The van der Waals surface area contributed by atoms with Crippen LogP contribution in [0.2, 0.25) is 0 Å². The summed E-state index contributed by atoms with van der Waals surface area (Å²) >= 11 is 1.19. The number of hydrogen-bond donors (Lipinski definition) is 1. The predicted molar refractivity (Wildman–Crippen MR) is 65.1 cm³/mol. The molecule has 0 radical (unpaired) electrons. The molecule has 1 heterocycles. The fraction of sp³-hybridized carbons (Fsp3) is 0.182. The first-order valence-corrected chi connectivity index (χ1v) is 5.65. The van der Waals surface area contributed by atoms with Gasteiger partial charge in [-0.05, 0) is 17.7 Å². The van der Waals surface area contributed by atoms with Gasteiger partial charge < -0.3 is 15.0 Å². The van der Waals surface area contributed by atoms with Crippen molar-refractivity contribution in [2.24, 2.45) is 0 Å². The smallest absolute Gasteiger partial charge is 0.307 e. The minimum absolute atomic E-state index is 0.0365. The van der Waals surface area contributed by atoms with Crippen molar-refractivity contribution >= 4 is 17.0 Å². The van der Waals surface area contributed by atoms with Gasteiger partial charge in [0, 0.05) is 11.6 Å². The summed E-state index contributed by atoms with van der Waals surface area (Å²) in [7, 11) is 1.58. The fourth-order valence-electron chi connectivity index (χ4n) is 1.49. The highest BCUT2D eigenvalue weighted by molar-refractivity contribution is 7.07. The first-order valence-electron chi connectivity index (χ1n) is 4.77. The molecule has 0 spiro atoms. The Bertz CT molecular complexity index is 545. The molecule has 0 saturated carbocycles. The highest BCUT2D eigenvalue weighted by atomic mass is 32.1. The average Bonchev–Trinajstić information content (AvgIpc) is 2.65. The van der Waals surface area contributed by atoms with Crippen LogP contribution in [-0.2, 0) is 6.54 Å². The van der Waals surface area contributed by atoms with E-state index in [2.05, 4.69) is 0 Å². The van der Waals surface area contributed by atoms with Crippen LogP contribution < -0.4 is 15.3 Å². The Kier molecular flexibility index (Phi) is 2.96. The van der Waals surface area contributed by atoms with E-state index in [1.165, 1.54) is 11.3 Å². The highest BCUT2D eigenvalue weighted by Crippen LogP contribution is 2.22. The molecule has 0 aliphatic rings. The van der Waals surface area contributed by atoms with Crippen LogP contribution in [0.5, 0.6) is 5.75 Å². The van der Waals surface area contributed by atoms with Gasteiger partial charge in [-0.2, -0.15) is 0 Å². The second kappa shape index (κ2) is 4.40. The van der Waals surface area contributed by atoms with Crippen molar-refractivity contribution in [1.29, 1.82) is 0 Å². The van der Waals surface area contributed by atoms with Crippen molar-refractivity contribution in [3.8, 4) is 5.75 Å². The summed E-state index contributed by atoms with van der Waals surface area (Å²) in [5.74, 6) is 0.654. The lowest BCUT2D eigenvalue weighted by Crippen LogP contribution is -2.12. The molecule has 5 heteroatoms. The topological polar surface area (TPSA) is 57.2 Å². The third kappa shape index (κ3) is 2.09. The standard InChI is InChI=1S/C11H12N2O2S/c1-15-10-3-2-8(6-9(10)12)7-13-4-5-16-11(13)14/h2-6H,7,12H2,1H3. The lowest BCUT2D eigenvalue weighted by Gasteiger charge is -2.07. The number of benzene rings is 1.